The van der Waals surface area contributed by atoms with Gasteiger partial charge in [0.1, 0.15) is 5.37 Å². The molecule has 1 saturated heterocycles. The first kappa shape index (κ1) is 18.8. The van der Waals surface area contributed by atoms with E-state index in [1.807, 2.05) is 0 Å². The van der Waals surface area contributed by atoms with Crippen molar-refractivity contribution in [2.45, 2.75) is 62.1 Å². The Morgan fingerprint density at radius 3 is 2.64 bits per heavy atom. The van der Waals surface area contributed by atoms with Gasteiger partial charge >= 0.3 is 0 Å². The fraction of sp³-hybridized carbons (Fsp3) is 0.667. The molecule has 0 radical (unpaired) electrons. The van der Waals surface area contributed by atoms with Crippen LogP contribution in [0.3, 0.4) is 0 Å². The second-order valence-electron chi connectivity index (χ2n) is 7.44. The number of thioether (sulfide) groups is 1. The van der Waals surface area contributed by atoms with Crippen LogP contribution in [0.25, 0.3) is 0 Å². The minimum absolute atomic E-state index is 0.0355. The Morgan fingerprint density at radius 2 is 1.88 bits per heavy atom. The minimum Gasteiger partial charge on any atom is -0.352 e. The zero-order chi connectivity index (χ0) is 17.5. The average Bonchev–Trinajstić information content (AvgIpc) is 3.02. The van der Waals surface area contributed by atoms with Gasteiger partial charge in [0.2, 0.25) is 0 Å². The van der Waals surface area contributed by atoms with Crippen LogP contribution < -0.4 is 4.90 Å². The molecule has 2 aliphatic rings. The summed E-state index contributed by atoms with van der Waals surface area (Å²) in [4.78, 5) is 17.6. The first-order valence-electron chi connectivity index (χ1n) is 10.0. The van der Waals surface area contributed by atoms with Crippen molar-refractivity contribution in [2.24, 2.45) is 5.92 Å². The highest BCUT2D eigenvalue weighted by atomic mass is 32.2. The summed E-state index contributed by atoms with van der Waals surface area (Å²) in [5.74, 6) is 0.975. The molecule has 1 unspecified atom stereocenters. The molecular weight excluding hydrogens is 328 g/mol. The zero-order valence-electron chi connectivity index (χ0n) is 15.5. The van der Waals surface area contributed by atoms with Crippen LogP contribution in [0.2, 0.25) is 0 Å². The molecule has 0 aliphatic carbocycles. The van der Waals surface area contributed by atoms with Crippen LogP contribution in [-0.4, -0.2) is 42.7 Å². The van der Waals surface area contributed by atoms with Crippen molar-refractivity contribution in [2.75, 3.05) is 31.1 Å². The molecule has 2 aliphatic heterocycles. The van der Waals surface area contributed by atoms with Crippen molar-refractivity contribution in [3.63, 3.8) is 0 Å². The van der Waals surface area contributed by atoms with Crippen LogP contribution in [-0.2, 0) is 4.79 Å². The predicted octanol–water partition coefficient (Wildman–Crippen LogP) is 4.81. The summed E-state index contributed by atoms with van der Waals surface area (Å²) in [6, 6.07) is 8.40. The molecule has 0 aromatic heterocycles. The van der Waals surface area contributed by atoms with Gasteiger partial charge in [-0.3, -0.25) is 0 Å². The molecule has 3 rings (SSSR count). The van der Waals surface area contributed by atoms with Crippen molar-refractivity contribution >= 4 is 23.7 Å². The van der Waals surface area contributed by atoms with Gasteiger partial charge in [-0.2, -0.15) is 0 Å². The average molecular weight is 361 g/mol. The van der Waals surface area contributed by atoms with Crippen LogP contribution in [0.5, 0.6) is 0 Å². The van der Waals surface area contributed by atoms with E-state index in [9.17, 15) is 4.79 Å². The molecule has 1 aromatic rings. The highest BCUT2D eigenvalue weighted by molar-refractivity contribution is 8.01. The number of likely N-dealkylation sites (tertiary alicyclic amines) is 1. The van der Waals surface area contributed by atoms with Crippen LogP contribution >= 0.6 is 11.8 Å². The van der Waals surface area contributed by atoms with E-state index >= 15 is 0 Å². The van der Waals surface area contributed by atoms with E-state index < -0.39 is 0 Å². The summed E-state index contributed by atoms with van der Waals surface area (Å²) in [6.45, 7) is 7.07. The molecule has 1 atom stereocenters. The molecule has 1 aromatic carbocycles. The Bertz CT molecular complexity index is 542. The number of unbranched alkanes of at least 4 members (excludes halogenated alkanes) is 2. The Balaban J connectivity index is 1.37. The molecule has 0 spiro atoms. The topological polar surface area (TPSA) is 23.6 Å². The summed E-state index contributed by atoms with van der Waals surface area (Å²) < 4.78 is 0. The van der Waals surface area contributed by atoms with Crippen LogP contribution in [0, 0.1) is 5.92 Å². The van der Waals surface area contributed by atoms with Gasteiger partial charge in [0.25, 0.3) is 0 Å². The van der Waals surface area contributed by atoms with Crippen molar-refractivity contribution < 1.29 is 4.79 Å². The molecular formula is C21H32N2OS. The second kappa shape index (κ2) is 9.63. The fourth-order valence-corrected chi connectivity index (χ4v) is 5.21. The van der Waals surface area contributed by atoms with Crippen LogP contribution in [0.4, 0.5) is 5.69 Å². The monoisotopic (exact) mass is 360 g/mol. The molecule has 138 valence electrons. The number of nitrogens with zero attached hydrogens (tertiary/aromatic N) is 2. The van der Waals surface area contributed by atoms with E-state index in [0.717, 1.165) is 25.2 Å². The number of aldehydes is 1. The highest BCUT2D eigenvalue weighted by Gasteiger charge is 2.28. The first-order valence-corrected chi connectivity index (χ1v) is 10.9. The maximum absolute atomic E-state index is 11.4. The summed E-state index contributed by atoms with van der Waals surface area (Å²) in [6.07, 6.45) is 10.4. The van der Waals surface area contributed by atoms with Gasteiger partial charge in [-0.15, -0.1) is 0 Å². The Hall–Kier alpha value is -1.00. The molecule has 4 heteroatoms. The fourth-order valence-electron chi connectivity index (χ4n) is 4.08. The minimum atomic E-state index is -0.0355. The van der Waals surface area contributed by atoms with Crippen LogP contribution in [0.15, 0.2) is 29.2 Å². The molecule has 0 amide bonds. The smallest absolute Gasteiger partial charge is 0.153 e. The summed E-state index contributed by atoms with van der Waals surface area (Å²) in [5.41, 5.74) is 1.24. The molecule has 0 saturated carbocycles. The lowest BCUT2D eigenvalue weighted by atomic mass is 9.91. The van der Waals surface area contributed by atoms with Crippen molar-refractivity contribution in [1.82, 2.24) is 4.90 Å². The van der Waals surface area contributed by atoms with Gasteiger partial charge < -0.3 is 14.6 Å². The van der Waals surface area contributed by atoms with E-state index in [4.69, 9.17) is 0 Å². The van der Waals surface area contributed by atoms with E-state index in [-0.39, 0.29) is 5.37 Å². The van der Waals surface area contributed by atoms with E-state index in [1.54, 1.807) is 11.8 Å². The van der Waals surface area contributed by atoms with Gasteiger partial charge in [0.15, 0.2) is 6.29 Å². The molecule has 1 fully saturated rings. The number of benzene rings is 1. The molecule has 2 heterocycles. The van der Waals surface area contributed by atoms with Gasteiger partial charge in [-0.25, -0.2) is 0 Å². The maximum atomic E-state index is 11.4. The maximum Gasteiger partial charge on any atom is 0.153 e. The van der Waals surface area contributed by atoms with Crippen molar-refractivity contribution in [1.29, 1.82) is 0 Å². The lowest BCUT2D eigenvalue weighted by molar-refractivity contribution is -0.107. The number of hydrogen-bond acceptors (Lipinski definition) is 4. The van der Waals surface area contributed by atoms with Gasteiger partial charge in [0.05, 0.1) is 5.69 Å². The molecule has 0 N–H and O–H groups in total. The number of rotatable bonds is 9. The highest BCUT2D eigenvalue weighted by Crippen LogP contribution is 2.42. The van der Waals surface area contributed by atoms with E-state index in [0.29, 0.717) is 0 Å². The summed E-state index contributed by atoms with van der Waals surface area (Å²) in [5, 5.41) is -0.0355. The summed E-state index contributed by atoms with van der Waals surface area (Å²) >= 11 is 1.68. The van der Waals surface area contributed by atoms with Crippen LogP contribution in [0.1, 0.15) is 51.9 Å². The number of carbonyl (C=O) groups excluding carboxylic acids is 1. The quantitative estimate of drug-likeness (QED) is 0.466. The number of carbonyl (C=O) groups is 1. The lowest BCUT2D eigenvalue weighted by Crippen LogP contribution is -2.35. The third-order valence-electron chi connectivity index (χ3n) is 5.64. The van der Waals surface area contributed by atoms with Crippen molar-refractivity contribution in [3.05, 3.63) is 24.3 Å². The van der Waals surface area contributed by atoms with E-state index in [1.165, 1.54) is 68.7 Å². The zero-order valence-corrected chi connectivity index (χ0v) is 16.3. The second-order valence-corrected chi connectivity index (χ2v) is 8.60. The predicted molar refractivity (Wildman–Crippen MR) is 107 cm³/mol. The Morgan fingerprint density at radius 1 is 1.12 bits per heavy atom. The third-order valence-corrected chi connectivity index (χ3v) is 6.85. The van der Waals surface area contributed by atoms with E-state index in [2.05, 4.69) is 41.0 Å². The molecule has 0 bridgehead atoms. The first-order chi connectivity index (χ1) is 12.3. The summed E-state index contributed by atoms with van der Waals surface area (Å²) in [7, 11) is 0. The number of fused-ring (bicyclic) bond motifs is 1. The molecule has 3 nitrogen and oxygen atoms in total. The van der Waals surface area contributed by atoms with Gasteiger partial charge in [-0.1, -0.05) is 50.1 Å². The lowest BCUT2D eigenvalue weighted by Gasteiger charge is -2.32. The largest absolute Gasteiger partial charge is 0.352 e. The SMILES string of the molecule is CCCCC1CCN(CCCCN2c3ccccc3SC2C=O)CC1. The Kier molecular flexibility index (Phi) is 7.23. The van der Waals surface area contributed by atoms with Gasteiger partial charge in [-0.05, 0) is 63.4 Å². The van der Waals surface area contributed by atoms with Crippen molar-refractivity contribution in [3.8, 4) is 0 Å². The van der Waals surface area contributed by atoms with Gasteiger partial charge in [0, 0.05) is 11.4 Å². The number of anilines is 1. The normalized spacial score (nSPS) is 21.5. The number of hydrogen-bond donors (Lipinski definition) is 0. The number of para-hydroxylation sites is 1. The molecule has 25 heavy (non-hydrogen) atoms. The third kappa shape index (κ3) is 5.01. The standard InChI is InChI=1S/C21H32N2OS/c1-2-3-8-18-11-15-22(16-12-18)13-6-7-14-23-19-9-4-5-10-20(19)25-21(23)17-24/h4-5,9-10,17-18,21H,2-3,6-8,11-16H2,1H3. The number of piperidine rings is 1. The Labute approximate surface area is 157 Å².